The zero-order valence-corrected chi connectivity index (χ0v) is 26.2. The third-order valence-corrected chi connectivity index (χ3v) is 14.9. The van der Waals surface area contributed by atoms with Crippen LogP contribution in [-0.4, -0.2) is 52.5 Å². The van der Waals surface area contributed by atoms with Crippen molar-refractivity contribution in [2.45, 2.75) is 149 Å². The first-order valence-electron chi connectivity index (χ1n) is 16.4. The predicted molar refractivity (Wildman–Crippen MR) is 151 cm³/mol. The fourth-order valence-corrected chi connectivity index (χ4v) is 12.8. The van der Waals surface area contributed by atoms with Crippen molar-refractivity contribution in [1.29, 1.82) is 0 Å². The van der Waals surface area contributed by atoms with E-state index in [0.717, 1.165) is 38.5 Å². The van der Waals surface area contributed by atoms with Gasteiger partial charge in [-0.1, -0.05) is 41.5 Å². The number of carbonyl (C=O) groups excluding carboxylic acids is 1. The second kappa shape index (κ2) is 8.27. The van der Waals surface area contributed by atoms with E-state index in [0.29, 0.717) is 17.8 Å². The maximum absolute atomic E-state index is 12.6. The molecule has 6 nitrogen and oxygen atoms in total. The van der Waals surface area contributed by atoms with E-state index >= 15 is 0 Å². The van der Waals surface area contributed by atoms with Crippen LogP contribution < -0.4 is 0 Å². The summed E-state index contributed by atoms with van der Waals surface area (Å²) in [5.41, 5.74) is 0.0853. The third kappa shape index (κ3) is 3.29. The van der Waals surface area contributed by atoms with Crippen LogP contribution in [0.4, 0.5) is 0 Å². The van der Waals surface area contributed by atoms with Gasteiger partial charge < -0.3 is 24.4 Å². The highest BCUT2D eigenvalue weighted by Crippen LogP contribution is 2.91. The zero-order chi connectivity index (χ0) is 28.8. The molecule has 7 rings (SSSR count). The fourth-order valence-electron chi connectivity index (χ4n) is 12.8. The van der Waals surface area contributed by atoms with Crippen LogP contribution in [0, 0.1) is 56.7 Å². The summed E-state index contributed by atoms with van der Waals surface area (Å²) in [7, 11) is 0. The van der Waals surface area contributed by atoms with Gasteiger partial charge in [-0.15, -0.1) is 0 Å². The van der Waals surface area contributed by atoms with Crippen molar-refractivity contribution in [2.75, 3.05) is 0 Å². The molecule has 2 N–H and O–H groups in total. The van der Waals surface area contributed by atoms with E-state index in [2.05, 4.69) is 41.5 Å². The van der Waals surface area contributed by atoms with E-state index in [-0.39, 0.29) is 74.9 Å². The molecule has 40 heavy (non-hydrogen) atoms. The number of aliphatic hydroxyl groups is 2. The minimum Gasteiger partial charge on any atom is -0.462 e. The number of hydrogen-bond acceptors (Lipinski definition) is 6. The molecule has 0 aromatic heterocycles. The van der Waals surface area contributed by atoms with E-state index < -0.39 is 6.29 Å². The van der Waals surface area contributed by atoms with Crippen molar-refractivity contribution in [2.24, 2.45) is 56.7 Å². The molecule has 0 unspecified atom stereocenters. The molecule has 2 heterocycles. The van der Waals surface area contributed by atoms with Gasteiger partial charge in [-0.3, -0.25) is 4.79 Å². The average Bonchev–Trinajstić information content (AvgIpc) is 3.62. The zero-order valence-electron chi connectivity index (χ0n) is 26.2. The molecule has 6 heteroatoms. The van der Waals surface area contributed by atoms with Crippen molar-refractivity contribution in [3.63, 3.8) is 0 Å². The topological polar surface area (TPSA) is 88.5 Å². The summed E-state index contributed by atoms with van der Waals surface area (Å²) in [5.74, 6) is 1.19. The van der Waals surface area contributed by atoms with Gasteiger partial charge in [-0.2, -0.15) is 0 Å². The second-order valence-corrected chi connectivity index (χ2v) is 17.3. The molecular formula is C34H54O6. The molecule has 0 aromatic carbocycles. The van der Waals surface area contributed by atoms with Crippen LogP contribution in [0.25, 0.3) is 0 Å². The first-order chi connectivity index (χ1) is 18.5. The van der Waals surface area contributed by atoms with Crippen molar-refractivity contribution in [3.8, 4) is 0 Å². The van der Waals surface area contributed by atoms with E-state index in [1.165, 1.54) is 19.3 Å². The summed E-state index contributed by atoms with van der Waals surface area (Å²) in [6, 6.07) is 0. The highest BCUT2D eigenvalue weighted by atomic mass is 16.7. The van der Waals surface area contributed by atoms with Gasteiger partial charge in [0.15, 0.2) is 6.29 Å². The molecule has 2 saturated heterocycles. The first-order valence-corrected chi connectivity index (χ1v) is 16.4. The monoisotopic (exact) mass is 558 g/mol. The standard InChI is InChI=1S/C34H54O6/c1-18(2)27(36)39-25-11-12-31(7)22-10-13-33-17-34(33,32(22,8)24(35)16-23(31)29(25,3)4)14-9-20(33)19-15-21(38-28(19)37)26-30(5,6)40-26/h18-26,28,35,37H,9-17H2,1-8H3/t19-,20-,21+,22+,23+,24+,25-,26-,28-,31+,32-,33+,34+/m0/s1. The van der Waals surface area contributed by atoms with Crippen LogP contribution in [0.1, 0.15) is 113 Å². The SMILES string of the molecule is CC(C)C(=O)O[C@H]1CC[C@@]2(C)[C@H](C[C@@H](O)[C@]3(C)[C@@H]2CC[C@]24C[C@@]23CC[C@H]4[C@@H]2C[C@H]([C@@H]3OC3(C)C)O[C@@H]2O)C1(C)C. The first kappa shape index (κ1) is 28.1. The molecule has 0 radical (unpaired) electrons. The minimum absolute atomic E-state index is 0.00534. The summed E-state index contributed by atoms with van der Waals surface area (Å²) in [6.07, 6.45) is 8.47. The van der Waals surface area contributed by atoms with Crippen LogP contribution in [0.5, 0.6) is 0 Å². The number of epoxide rings is 1. The summed E-state index contributed by atoms with van der Waals surface area (Å²) in [5, 5.41) is 23.4. The summed E-state index contributed by atoms with van der Waals surface area (Å²) in [6.45, 7) is 17.6. The molecule has 2 aliphatic heterocycles. The van der Waals surface area contributed by atoms with Gasteiger partial charge in [0.2, 0.25) is 0 Å². The highest BCUT2D eigenvalue weighted by molar-refractivity contribution is 5.71. The normalized spacial score (nSPS) is 57.0. The summed E-state index contributed by atoms with van der Waals surface area (Å²) < 4.78 is 18.2. The Balaban J connectivity index is 1.15. The quantitative estimate of drug-likeness (QED) is 0.332. The fraction of sp³-hybridized carbons (Fsp3) is 0.971. The molecule has 7 aliphatic rings. The molecule has 226 valence electrons. The molecule has 5 saturated carbocycles. The number of aliphatic hydroxyl groups excluding tert-OH is 2. The van der Waals surface area contributed by atoms with Gasteiger partial charge in [-0.25, -0.2) is 0 Å². The molecular weight excluding hydrogens is 504 g/mol. The third-order valence-electron chi connectivity index (χ3n) is 14.9. The molecule has 13 atom stereocenters. The van der Waals surface area contributed by atoms with Gasteiger partial charge in [-0.05, 0) is 106 Å². The van der Waals surface area contributed by atoms with Crippen LogP contribution in [-0.2, 0) is 19.0 Å². The van der Waals surface area contributed by atoms with Crippen LogP contribution in [0.15, 0.2) is 0 Å². The summed E-state index contributed by atoms with van der Waals surface area (Å²) in [4.78, 5) is 12.6. The Morgan fingerprint density at radius 3 is 2.27 bits per heavy atom. The Hall–Kier alpha value is -0.690. The van der Waals surface area contributed by atoms with Crippen LogP contribution in [0.3, 0.4) is 0 Å². The number of fused-ring (bicyclic) bond motifs is 3. The Morgan fingerprint density at radius 1 is 0.925 bits per heavy atom. The van der Waals surface area contributed by atoms with E-state index in [4.69, 9.17) is 14.2 Å². The van der Waals surface area contributed by atoms with Gasteiger partial charge in [0.25, 0.3) is 0 Å². The van der Waals surface area contributed by atoms with Crippen molar-refractivity contribution in [3.05, 3.63) is 0 Å². The highest BCUT2D eigenvalue weighted by Gasteiger charge is 2.86. The maximum atomic E-state index is 12.6. The Labute approximate surface area is 241 Å². The van der Waals surface area contributed by atoms with E-state index in [1.54, 1.807) is 0 Å². The lowest BCUT2D eigenvalue weighted by Crippen LogP contribution is -2.66. The molecule has 0 amide bonds. The van der Waals surface area contributed by atoms with Gasteiger partial charge in [0, 0.05) is 16.7 Å². The van der Waals surface area contributed by atoms with Gasteiger partial charge >= 0.3 is 5.97 Å². The molecule has 5 aliphatic carbocycles. The lowest BCUT2D eigenvalue weighted by molar-refractivity contribution is -0.246. The lowest BCUT2D eigenvalue weighted by atomic mass is 9.37. The second-order valence-electron chi connectivity index (χ2n) is 17.3. The maximum Gasteiger partial charge on any atom is 0.308 e. The van der Waals surface area contributed by atoms with Crippen molar-refractivity contribution < 1.29 is 29.2 Å². The minimum atomic E-state index is -0.700. The van der Waals surface area contributed by atoms with Crippen LogP contribution in [0.2, 0.25) is 0 Å². The predicted octanol–water partition coefficient (Wildman–Crippen LogP) is 5.87. The number of ether oxygens (including phenoxy) is 3. The Kier molecular flexibility index (Phi) is 5.81. The lowest BCUT2D eigenvalue weighted by Gasteiger charge is -2.68. The van der Waals surface area contributed by atoms with Gasteiger partial charge in [0.1, 0.15) is 12.2 Å². The number of carbonyl (C=O) groups is 1. The van der Waals surface area contributed by atoms with E-state index in [1.807, 2.05) is 13.8 Å². The Morgan fingerprint density at radius 2 is 1.62 bits per heavy atom. The molecule has 0 bridgehead atoms. The Bertz CT molecular complexity index is 1080. The largest absolute Gasteiger partial charge is 0.462 e. The summed E-state index contributed by atoms with van der Waals surface area (Å²) >= 11 is 0. The molecule has 0 spiro atoms. The van der Waals surface area contributed by atoms with Gasteiger partial charge in [0.05, 0.1) is 23.7 Å². The van der Waals surface area contributed by atoms with E-state index in [9.17, 15) is 15.0 Å². The average molecular weight is 559 g/mol. The number of esters is 1. The van der Waals surface area contributed by atoms with Crippen molar-refractivity contribution in [1.82, 2.24) is 0 Å². The number of rotatable bonds is 4. The molecule has 7 fully saturated rings. The molecule has 0 aromatic rings. The van der Waals surface area contributed by atoms with Crippen molar-refractivity contribution >= 4 is 5.97 Å². The smallest absolute Gasteiger partial charge is 0.308 e. The van der Waals surface area contributed by atoms with Crippen LogP contribution >= 0.6 is 0 Å². The number of hydrogen-bond donors (Lipinski definition) is 2.